The molecule has 0 spiro atoms. The van der Waals surface area contributed by atoms with E-state index >= 15 is 0 Å². The lowest BCUT2D eigenvalue weighted by atomic mass is 10.2. The van der Waals surface area contributed by atoms with Gasteiger partial charge >= 0.3 is 46.1 Å². The van der Waals surface area contributed by atoms with Crippen molar-refractivity contribution in [2.24, 2.45) is 7.05 Å². The minimum absolute atomic E-state index is 0.00655. The zero-order valence-corrected chi connectivity index (χ0v) is 25.6. The smallest absolute Gasteiger partial charge is 0.336 e. The zero-order valence-electron chi connectivity index (χ0n) is 25.6. The highest BCUT2D eigenvalue weighted by molar-refractivity contribution is 5.69. The highest BCUT2D eigenvalue weighted by atomic mass is 16.5. The van der Waals surface area contributed by atoms with Crippen LogP contribution in [0.5, 0.6) is 0 Å². The summed E-state index contributed by atoms with van der Waals surface area (Å²) in [4.78, 5) is 100. The Morgan fingerprint density at radius 3 is 1.40 bits per heavy atom. The van der Waals surface area contributed by atoms with Crippen LogP contribution in [0.25, 0.3) is 0 Å². The van der Waals surface area contributed by atoms with Crippen LogP contribution in [0.2, 0.25) is 0 Å². The van der Waals surface area contributed by atoms with E-state index in [9.17, 15) is 43.5 Å². The van der Waals surface area contributed by atoms with Gasteiger partial charge in [0, 0.05) is 41.0 Å². The lowest BCUT2D eigenvalue weighted by Gasteiger charge is -2.14. The molecule has 0 saturated carbocycles. The van der Waals surface area contributed by atoms with Gasteiger partial charge in [-0.15, -0.1) is 0 Å². The van der Waals surface area contributed by atoms with E-state index in [-0.39, 0.29) is 39.3 Å². The van der Waals surface area contributed by atoms with Crippen molar-refractivity contribution in [1.29, 1.82) is 0 Å². The molecule has 2 heterocycles. The first-order chi connectivity index (χ1) is 21.5. The van der Waals surface area contributed by atoms with Gasteiger partial charge in [0.2, 0.25) is 0 Å². The third-order valence-electron chi connectivity index (χ3n) is 6.64. The lowest BCUT2D eigenvalue weighted by molar-refractivity contribution is -0.145. The summed E-state index contributed by atoms with van der Waals surface area (Å²) in [5.74, 6) is -1.53. The molecule has 0 aliphatic carbocycles. The summed E-state index contributed by atoms with van der Waals surface area (Å²) in [6.45, 7) is -2.05. The fourth-order valence-electron chi connectivity index (χ4n) is 4.19. The zero-order chi connectivity index (χ0) is 33.5. The summed E-state index contributed by atoms with van der Waals surface area (Å²) in [5.41, 5.74) is -5.86. The number of methoxy groups -OCH3 is 2. The predicted molar refractivity (Wildman–Crippen MR) is 155 cm³/mol. The number of nitrogens with zero attached hydrogens (tertiary/aromatic N) is 6. The van der Waals surface area contributed by atoms with Crippen molar-refractivity contribution < 1.29 is 33.6 Å². The number of aliphatic hydroxyl groups excluding tert-OH is 1. The summed E-state index contributed by atoms with van der Waals surface area (Å²) < 4.78 is 24.1. The quantitative estimate of drug-likeness (QED) is 0.108. The maximum atomic E-state index is 12.9. The molecule has 19 heteroatoms. The molecule has 2 aromatic rings. The van der Waals surface area contributed by atoms with Gasteiger partial charge in [0.05, 0.1) is 52.3 Å². The minimum atomic E-state index is -1.03. The average molecular weight is 645 g/mol. The molecular formula is C26H40N6O13. The Morgan fingerprint density at radius 2 is 0.933 bits per heavy atom. The summed E-state index contributed by atoms with van der Waals surface area (Å²) in [6.07, 6.45) is 1.44. The van der Waals surface area contributed by atoms with Crippen LogP contribution < -0.4 is 34.1 Å². The van der Waals surface area contributed by atoms with E-state index in [1.807, 2.05) is 0 Å². The second-order valence-corrected chi connectivity index (χ2v) is 9.72. The Labute approximate surface area is 255 Å². The van der Waals surface area contributed by atoms with E-state index < -0.39 is 78.8 Å². The molecule has 0 bridgehead atoms. The van der Waals surface area contributed by atoms with Crippen LogP contribution >= 0.6 is 0 Å². The Balaban J connectivity index is 2.06. The molecule has 0 amide bonds. The van der Waals surface area contributed by atoms with Gasteiger partial charge in [-0.1, -0.05) is 0 Å². The molecule has 2 rings (SSSR count). The third-order valence-corrected chi connectivity index (χ3v) is 6.64. The van der Waals surface area contributed by atoms with Crippen molar-refractivity contribution in [1.82, 2.24) is 27.4 Å². The van der Waals surface area contributed by atoms with E-state index in [0.29, 0.717) is 35.9 Å². The molecule has 45 heavy (non-hydrogen) atoms. The SMILES string of the molecule is COCCCCCOC(=O)CCn1c(=O)n(C)c(=O)n(CCC(=O)OCCn2c(=O)n(CCO)c(=O)n(CCOC)c2=O)c1=O. The topological polar surface area (TPSA) is 223 Å². The van der Waals surface area contributed by atoms with E-state index in [2.05, 4.69) is 0 Å². The van der Waals surface area contributed by atoms with Crippen molar-refractivity contribution >= 4 is 11.9 Å². The molecule has 0 aliphatic rings. The molecule has 1 N–H and O–H groups in total. The van der Waals surface area contributed by atoms with Crippen LogP contribution in [0, 0.1) is 0 Å². The average Bonchev–Trinajstić information content (AvgIpc) is 3.01. The highest BCUT2D eigenvalue weighted by Crippen LogP contribution is 1.98. The first-order valence-corrected chi connectivity index (χ1v) is 14.2. The van der Waals surface area contributed by atoms with E-state index in [4.69, 9.17) is 18.9 Å². The van der Waals surface area contributed by atoms with Gasteiger partial charge in [0.15, 0.2) is 0 Å². The number of carbonyl (C=O) groups is 2. The highest BCUT2D eigenvalue weighted by Gasteiger charge is 2.18. The molecule has 0 atom stereocenters. The van der Waals surface area contributed by atoms with E-state index in [1.165, 1.54) is 7.11 Å². The van der Waals surface area contributed by atoms with Crippen LogP contribution in [0.3, 0.4) is 0 Å². The summed E-state index contributed by atoms with van der Waals surface area (Å²) >= 11 is 0. The summed E-state index contributed by atoms with van der Waals surface area (Å²) in [5, 5.41) is 9.22. The third kappa shape index (κ3) is 10.1. The second kappa shape index (κ2) is 18.4. The van der Waals surface area contributed by atoms with Crippen LogP contribution in [-0.4, -0.2) is 91.7 Å². The van der Waals surface area contributed by atoms with Gasteiger partial charge in [-0.2, -0.15) is 0 Å². The molecule has 0 unspecified atom stereocenters. The molecule has 0 fully saturated rings. The number of carbonyl (C=O) groups excluding carboxylic acids is 2. The monoisotopic (exact) mass is 644 g/mol. The van der Waals surface area contributed by atoms with Crippen LogP contribution in [-0.2, 0) is 68.3 Å². The first-order valence-electron chi connectivity index (χ1n) is 14.2. The van der Waals surface area contributed by atoms with Gasteiger partial charge in [-0.3, -0.25) is 9.59 Å². The molecular weight excluding hydrogens is 604 g/mol. The maximum absolute atomic E-state index is 12.9. The number of esters is 2. The number of hydrogen-bond donors (Lipinski definition) is 1. The number of aliphatic hydroxyl groups is 1. The number of rotatable bonds is 20. The molecule has 0 aromatic carbocycles. The largest absolute Gasteiger partial charge is 0.466 e. The first kappa shape index (κ1) is 36.8. The minimum Gasteiger partial charge on any atom is -0.466 e. The molecule has 0 radical (unpaired) electrons. The number of unbranched alkanes of at least 4 members (excludes halogenated alkanes) is 2. The molecule has 2 aromatic heterocycles. The van der Waals surface area contributed by atoms with Gasteiger partial charge in [0.1, 0.15) is 6.61 Å². The molecule has 252 valence electrons. The van der Waals surface area contributed by atoms with Crippen molar-refractivity contribution in [2.75, 3.05) is 47.3 Å². The fraction of sp³-hybridized carbons (Fsp3) is 0.692. The van der Waals surface area contributed by atoms with Crippen LogP contribution in [0.1, 0.15) is 32.1 Å². The van der Waals surface area contributed by atoms with E-state index in [1.54, 1.807) is 7.11 Å². The van der Waals surface area contributed by atoms with Crippen LogP contribution in [0.15, 0.2) is 28.8 Å². The van der Waals surface area contributed by atoms with Gasteiger partial charge in [-0.25, -0.2) is 56.2 Å². The Kier molecular flexibility index (Phi) is 15.1. The Hall–Kier alpha value is -4.36. The Bertz CT molecular complexity index is 1660. The fourth-order valence-corrected chi connectivity index (χ4v) is 4.19. The maximum Gasteiger partial charge on any atom is 0.336 e. The van der Waals surface area contributed by atoms with Gasteiger partial charge in [-0.05, 0) is 19.3 Å². The predicted octanol–water partition coefficient (Wildman–Crippen LogP) is -3.78. The van der Waals surface area contributed by atoms with Crippen molar-refractivity contribution in [3.63, 3.8) is 0 Å². The Morgan fingerprint density at radius 1 is 0.533 bits per heavy atom. The van der Waals surface area contributed by atoms with Crippen molar-refractivity contribution in [3.8, 4) is 0 Å². The van der Waals surface area contributed by atoms with Crippen LogP contribution in [0.4, 0.5) is 0 Å². The van der Waals surface area contributed by atoms with Crippen molar-refractivity contribution in [3.05, 3.63) is 62.9 Å². The molecule has 19 nitrogen and oxygen atoms in total. The number of aromatic nitrogens is 6. The number of hydrogen-bond acceptors (Lipinski definition) is 13. The summed E-state index contributed by atoms with van der Waals surface area (Å²) in [6, 6.07) is 0. The van der Waals surface area contributed by atoms with Crippen molar-refractivity contribution in [2.45, 2.75) is 64.8 Å². The number of ether oxygens (including phenoxy) is 4. The van der Waals surface area contributed by atoms with Gasteiger partial charge in [0.25, 0.3) is 0 Å². The van der Waals surface area contributed by atoms with Gasteiger partial charge < -0.3 is 24.1 Å². The standard InChI is InChI=1S/C26H40N6O13/c1-27-21(36)28(9-7-19(34)44-16-6-4-5-15-42-2)23(38)29(22(27)37)10-8-20(35)45-18-13-32-25(40)30(11-14-33)24(39)31(26(32)41)12-17-43-3/h33H,4-18H2,1-3H3. The lowest BCUT2D eigenvalue weighted by Crippen LogP contribution is -2.55. The normalized spacial score (nSPS) is 11.1. The summed E-state index contributed by atoms with van der Waals surface area (Å²) in [7, 11) is 4.09. The molecule has 0 saturated heterocycles. The second-order valence-electron chi connectivity index (χ2n) is 9.72. The molecule has 0 aliphatic heterocycles. The van der Waals surface area contributed by atoms with E-state index in [0.717, 1.165) is 24.5 Å².